The topological polar surface area (TPSA) is 77.0 Å². The molecule has 0 aliphatic carbocycles. The van der Waals surface area contributed by atoms with Crippen molar-refractivity contribution < 1.29 is 9.53 Å². The summed E-state index contributed by atoms with van der Waals surface area (Å²) in [4.78, 5) is 25.7. The first-order valence-electron chi connectivity index (χ1n) is 10.3. The first kappa shape index (κ1) is 21.2. The van der Waals surface area contributed by atoms with Crippen molar-refractivity contribution in [3.63, 3.8) is 0 Å². The van der Waals surface area contributed by atoms with E-state index in [2.05, 4.69) is 20.3 Å². The fourth-order valence-corrected chi connectivity index (χ4v) is 3.41. The Morgan fingerprint density at radius 3 is 2.41 bits per heavy atom. The molecule has 6 nitrogen and oxygen atoms in total. The van der Waals surface area contributed by atoms with E-state index in [1.165, 1.54) is 0 Å². The highest BCUT2D eigenvalue weighted by Crippen LogP contribution is 2.25. The predicted molar refractivity (Wildman–Crippen MR) is 125 cm³/mol. The molecule has 0 aliphatic rings. The van der Waals surface area contributed by atoms with Gasteiger partial charge in [0.2, 0.25) is 11.8 Å². The van der Waals surface area contributed by atoms with Gasteiger partial charge in [0.1, 0.15) is 0 Å². The molecule has 0 saturated carbocycles. The molecular weight excluding hydrogens is 400 g/mol. The third-order valence-electron chi connectivity index (χ3n) is 5.30. The number of benzene rings is 2. The maximum absolute atomic E-state index is 12.9. The van der Waals surface area contributed by atoms with E-state index in [1.807, 2.05) is 74.5 Å². The second kappa shape index (κ2) is 9.39. The van der Waals surface area contributed by atoms with E-state index in [0.717, 1.165) is 39.3 Å². The Labute approximate surface area is 187 Å². The second-order valence-electron chi connectivity index (χ2n) is 7.54. The molecule has 0 spiro atoms. The third kappa shape index (κ3) is 4.81. The van der Waals surface area contributed by atoms with Crippen molar-refractivity contribution in [2.45, 2.75) is 19.8 Å². The number of rotatable bonds is 6. The lowest BCUT2D eigenvalue weighted by Crippen LogP contribution is -2.18. The SMILES string of the molecule is COc1cnc(-c2cccc(C(C)C(=O)Nc3ccc(-c4ccnc(C)c4)cc3)c2)cn1. The van der Waals surface area contributed by atoms with Crippen LogP contribution in [-0.4, -0.2) is 28.0 Å². The summed E-state index contributed by atoms with van der Waals surface area (Å²) in [6.07, 6.45) is 5.04. The highest BCUT2D eigenvalue weighted by atomic mass is 16.5. The molecular formula is C26H24N4O2. The van der Waals surface area contributed by atoms with Crippen molar-refractivity contribution in [2.75, 3.05) is 12.4 Å². The number of nitrogens with one attached hydrogen (secondary N) is 1. The van der Waals surface area contributed by atoms with Crippen molar-refractivity contribution in [2.24, 2.45) is 0 Å². The van der Waals surface area contributed by atoms with E-state index in [9.17, 15) is 4.79 Å². The molecule has 4 aromatic rings. The van der Waals surface area contributed by atoms with Crippen LogP contribution < -0.4 is 10.1 Å². The third-order valence-corrected chi connectivity index (χ3v) is 5.30. The number of aryl methyl sites for hydroxylation is 1. The Morgan fingerprint density at radius 2 is 1.72 bits per heavy atom. The molecule has 1 unspecified atom stereocenters. The Bertz CT molecular complexity index is 1220. The summed E-state index contributed by atoms with van der Waals surface area (Å²) >= 11 is 0. The van der Waals surface area contributed by atoms with Gasteiger partial charge < -0.3 is 10.1 Å². The average molecular weight is 425 g/mol. The van der Waals surface area contributed by atoms with Gasteiger partial charge in [-0.3, -0.25) is 9.78 Å². The highest BCUT2D eigenvalue weighted by Gasteiger charge is 2.16. The Balaban J connectivity index is 1.46. The number of hydrogen-bond donors (Lipinski definition) is 1. The van der Waals surface area contributed by atoms with E-state index in [0.29, 0.717) is 5.88 Å². The lowest BCUT2D eigenvalue weighted by Gasteiger charge is -2.14. The summed E-state index contributed by atoms with van der Waals surface area (Å²) in [5.41, 5.74) is 6.43. The van der Waals surface area contributed by atoms with Crippen LogP contribution in [0.2, 0.25) is 0 Å². The number of nitrogens with zero attached hydrogens (tertiary/aromatic N) is 3. The minimum atomic E-state index is -0.330. The summed E-state index contributed by atoms with van der Waals surface area (Å²) in [6.45, 7) is 3.86. The molecule has 0 radical (unpaired) electrons. The van der Waals surface area contributed by atoms with Crippen molar-refractivity contribution in [1.29, 1.82) is 0 Å². The monoisotopic (exact) mass is 424 g/mol. The van der Waals surface area contributed by atoms with Gasteiger partial charge in [0, 0.05) is 23.1 Å². The molecule has 0 aliphatic heterocycles. The van der Waals surface area contributed by atoms with Gasteiger partial charge in [0.25, 0.3) is 0 Å². The van der Waals surface area contributed by atoms with Crippen LogP contribution >= 0.6 is 0 Å². The normalized spacial score (nSPS) is 11.6. The maximum Gasteiger partial charge on any atom is 0.232 e. The zero-order valence-corrected chi connectivity index (χ0v) is 18.2. The summed E-state index contributed by atoms with van der Waals surface area (Å²) in [5, 5.41) is 3.01. The van der Waals surface area contributed by atoms with Crippen LogP contribution in [0.25, 0.3) is 22.4 Å². The Kier molecular flexibility index (Phi) is 6.22. The van der Waals surface area contributed by atoms with Gasteiger partial charge in [0.15, 0.2) is 0 Å². The van der Waals surface area contributed by atoms with Crippen LogP contribution in [0.4, 0.5) is 5.69 Å². The number of methoxy groups -OCH3 is 1. The van der Waals surface area contributed by atoms with E-state index >= 15 is 0 Å². The standard InChI is InChI=1S/C26H24N4O2/c1-17-13-21(11-12-27-17)19-7-9-23(10-8-19)30-26(31)18(2)20-5-4-6-22(14-20)24-15-29-25(32-3)16-28-24/h4-16,18H,1-3H3,(H,30,31). The summed E-state index contributed by atoms with van der Waals surface area (Å²) in [5.74, 6) is 0.0573. The molecule has 4 rings (SSSR count). The van der Waals surface area contributed by atoms with Crippen molar-refractivity contribution in [3.05, 3.63) is 90.5 Å². The van der Waals surface area contributed by atoms with Crippen molar-refractivity contribution in [3.8, 4) is 28.3 Å². The predicted octanol–water partition coefficient (Wildman–Crippen LogP) is 5.26. The van der Waals surface area contributed by atoms with Crippen molar-refractivity contribution >= 4 is 11.6 Å². The van der Waals surface area contributed by atoms with E-state index in [4.69, 9.17) is 4.74 Å². The van der Waals surface area contributed by atoms with Gasteiger partial charge in [-0.15, -0.1) is 0 Å². The molecule has 2 aromatic carbocycles. The molecule has 0 bridgehead atoms. The Morgan fingerprint density at radius 1 is 0.906 bits per heavy atom. The van der Waals surface area contributed by atoms with E-state index in [1.54, 1.807) is 25.7 Å². The van der Waals surface area contributed by atoms with Gasteiger partial charge in [-0.05, 0) is 60.9 Å². The minimum Gasteiger partial charge on any atom is -0.480 e. The minimum absolute atomic E-state index is 0.0736. The quantitative estimate of drug-likeness (QED) is 0.457. The first-order chi connectivity index (χ1) is 15.5. The average Bonchev–Trinajstić information content (AvgIpc) is 2.84. The van der Waals surface area contributed by atoms with Gasteiger partial charge in [-0.1, -0.05) is 30.3 Å². The Hall–Kier alpha value is -4.06. The van der Waals surface area contributed by atoms with Crippen LogP contribution in [0, 0.1) is 6.92 Å². The molecule has 1 atom stereocenters. The number of amides is 1. The van der Waals surface area contributed by atoms with Gasteiger partial charge in [-0.25, -0.2) is 9.97 Å². The maximum atomic E-state index is 12.9. The second-order valence-corrected chi connectivity index (χ2v) is 7.54. The van der Waals surface area contributed by atoms with Crippen LogP contribution in [0.1, 0.15) is 24.1 Å². The zero-order chi connectivity index (χ0) is 22.5. The van der Waals surface area contributed by atoms with Gasteiger partial charge in [-0.2, -0.15) is 0 Å². The number of pyridine rings is 1. The summed E-state index contributed by atoms with van der Waals surface area (Å²) in [6, 6.07) is 19.6. The number of ether oxygens (including phenoxy) is 1. The zero-order valence-electron chi connectivity index (χ0n) is 18.2. The molecule has 0 saturated heterocycles. The molecule has 160 valence electrons. The molecule has 2 aromatic heterocycles. The van der Waals surface area contributed by atoms with Crippen molar-refractivity contribution in [1.82, 2.24) is 15.0 Å². The summed E-state index contributed by atoms with van der Waals surface area (Å²) in [7, 11) is 1.55. The number of carbonyl (C=O) groups is 1. The van der Waals surface area contributed by atoms with Crippen LogP contribution in [0.3, 0.4) is 0 Å². The number of carbonyl (C=O) groups excluding carboxylic acids is 1. The lowest BCUT2D eigenvalue weighted by molar-refractivity contribution is -0.117. The lowest BCUT2D eigenvalue weighted by atomic mass is 9.97. The van der Waals surface area contributed by atoms with E-state index < -0.39 is 0 Å². The number of hydrogen-bond acceptors (Lipinski definition) is 5. The van der Waals surface area contributed by atoms with Crippen LogP contribution in [0.5, 0.6) is 5.88 Å². The molecule has 2 heterocycles. The first-order valence-corrected chi connectivity index (χ1v) is 10.3. The van der Waals surface area contributed by atoms with Crippen LogP contribution in [0.15, 0.2) is 79.3 Å². The molecule has 0 fully saturated rings. The van der Waals surface area contributed by atoms with Gasteiger partial charge in [0.05, 0.1) is 31.1 Å². The number of aromatic nitrogens is 3. The fraction of sp³-hybridized carbons (Fsp3) is 0.154. The summed E-state index contributed by atoms with van der Waals surface area (Å²) < 4.78 is 5.06. The largest absolute Gasteiger partial charge is 0.480 e. The molecule has 6 heteroatoms. The van der Waals surface area contributed by atoms with E-state index in [-0.39, 0.29) is 11.8 Å². The smallest absolute Gasteiger partial charge is 0.232 e. The fourth-order valence-electron chi connectivity index (χ4n) is 3.41. The molecule has 1 N–H and O–H groups in total. The number of anilines is 1. The molecule has 32 heavy (non-hydrogen) atoms. The van der Waals surface area contributed by atoms with Crippen LogP contribution in [-0.2, 0) is 4.79 Å². The highest BCUT2D eigenvalue weighted by molar-refractivity contribution is 5.96. The van der Waals surface area contributed by atoms with Gasteiger partial charge >= 0.3 is 0 Å². The molecule has 1 amide bonds.